The zero-order valence-electron chi connectivity index (χ0n) is 13.5. The Morgan fingerprint density at radius 2 is 1.91 bits per heavy atom. The molecule has 1 aliphatic carbocycles. The number of nitrogens with zero attached hydrogens (tertiary/aromatic N) is 3. The van der Waals surface area contributed by atoms with Gasteiger partial charge in [0.15, 0.2) is 5.82 Å². The maximum Gasteiger partial charge on any atom is 0.286 e. The van der Waals surface area contributed by atoms with Crippen molar-refractivity contribution in [3.8, 4) is 11.3 Å². The zero-order valence-corrected chi connectivity index (χ0v) is 13.5. The van der Waals surface area contributed by atoms with Crippen molar-refractivity contribution >= 4 is 0 Å². The molecule has 3 rings (SSSR count). The van der Waals surface area contributed by atoms with Crippen LogP contribution in [-0.2, 0) is 18.8 Å². The lowest BCUT2D eigenvalue weighted by atomic mass is 9.93. The average Bonchev–Trinajstić information content (AvgIpc) is 2.86. The van der Waals surface area contributed by atoms with E-state index in [1.807, 2.05) is 18.5 Å². The normalized spacial score (nSPS) is 15.1. The highest BCUT2D eigenvalue weighted by atomic mass is 19.3. The molecule has 0 aromatic carbocycles. The lowest BCUT2D eigenvalue weighted by Crippen LogP contribution is -2.11. The smallest absolute Gasteiger partial charge is 0.266 e. The summed E-state index contributed by atoms with van der Waals surface area (Å²) in [6, 6.07) is 1.28. The number of hydrogen-bond donors (Lipinski definition) is 0. The van der Waals surface area contributed by atoms with Gasteiger partial charge in [-0.25, -0.2) is 4.39 Å². The fraction of sp³-hybridized carbons (Fsp3) is 0.529. The third-order valence-electron chi connectivity index (χ3n) is 4.26. The Kier molecular flexibility index (Phi) is 3.94. The van der Waals surface area contributed by atoms with Gasteiger partial charge < -0.3 is 0 Å². The molecule has 1 aliphatic rings. The molecule has 2 heterocycles. The third-order valence-corrected chi connectivity index (χ3v) is 4.26. The fourth-order valence-corrected chi connectivity index (χ4v) is 3.13. The van der Waals surface area contributed by atoms with Crippen LogP contribution in [0.5, 0.6) is 0 Å². The number of aromatic nitrogens is 3. The van der Waals surface area contributed by atoms with E-state index in [4.69, 9.17) is 0 Å². The van der Waals surface area contributed by atoms with Gasteiger partial charge >= 0.3 is 0 Å². The highest BCUT2D eigenvalue weighted by Crippen LogP contribution is 2.36. The van der Waals surface area contributed by atoms with E-state index in [1.54, 1.807) is 0 Å². The van der Waals surface area contributed by atoms with Crippen LogP contribution >= 0.6 is 0 Å². The average molecular weight is 323 g/mol. The van der Waals surface area contributed by atoms with Crippen LogP contribution in [0, 0.1) is 5.82 Å². The summed E-state index contributed by atoms with van der Waals surface area (Å²) in [5.74, 6) is -3.72. The Labute approximate surface area is 133 Å². The second-order valence-electron chi connectivity index (χ2n) is 6.46. The second-order valence-corrected chi connectivity index (χ2v) is 6.46. The first-order chi connectivity index (χ1) is 10.8. The number of halogens is 3. The summed E-state index contributed by atoms with van der Waals surface area (Å²) in [4.78, 5) is 3.53. The summed E-state index contributed by atoms with van der Waals surface area (Å²) in [5.41, 5.74) is 2.26. The molecular formula is C17H20F3N3. The molecule has 0 radical (unpaired) electrons. The van der Waals surface area contributed by atoms with Crippen LogP contribution in [0.25, 0.3) is 11.3 Å². The second kappa shape index (κ2) is 5.65. The van der Waals surface area contributed by atoms with E-state index in [0.29, 0.717) is 5.69 Å². The van der Waals surface area contributed by atoms with Crippen molar-refractivity contribution in [3.63, 3.8) is 0 Å². The van der Waals surface area contributed by atoms with Crippen molar-refractivity contribution in [2.45, 2.75) is 58.4 Å². The van der Waals surface area contributed by atoms with Crippen LogP contribution in [0.4, 0.5) is 13.2 Å². The Hall–Kier alpha value is -1.85. The van der Waals surface area contributed by atoms with Crippen molar-refractivity contribution in [2.24, 2.45) is 0 Å². The number of pyridine rings is 1. The summed E-state index contributed by atoms with van der Waals surface area (Å²) in [6.45, 7) is 4.79. The molecule has 0 amide bonds. The first-order valence-electron chi connectivity index (χ1n) is 7.93. The van der Waals surface area contributed by atoms with E-state index in [9.17, 15) is 13.2 Å². The molecule has 124 valence electrons. The van der Waals surface area contributed by atoms with Gasteiger partial charge in [0.1, 0.15) is 5.69 Å². The van der Waals surface area contributed by atoms with Crippen LogP contribution in [0.15, 0.2) is 12.3 Å². The Bertz CT molecular complexity index is 729. The van der Waals surface area contributed by atoms with Crippen molar-refractivity contribution in [1.82, 2.24) is 14.8 Å². The molecule has 0 saturated heterocycles. The molecule has 6 heteroatoms. The Morgan fingerprint density at radius 3 is 2.57 bits per heavy atom. The van der Waals surface area contributed by atoms with Crippen LogP contribution in [-0.4, -0.2) is 14.8 Å². The summed E-state index contributed by atoms with van der Waals surface area (Å²) < 4.78 is 43.3. The highest BCUT2D eigenvalue weighted by molar-refractivity contribution is 5.65. The predicted octanol–water partition coefficient (Wildman–Crippen LogP) is 4.66. The quantitative estimate of drug-likeness (QED) is 0.823. The van der Waals surface area contributed by atoms with Gasteiger partial charge in [0.25, 0.3) is 5.92 Å². The van der Waals surface area contributed by atoms with Gasteiger partial charge in [-0.1, -0.05) is 0 Å². The SMILES string of the molecule is CC(C)n1nc(-c2cc(C(C)(F)F)ncc2F)c2c1CCCC2. The molecule has 0 fully saturated rings. The Balaban J connectivity index is 2.19. The van der Waals surface area contributed by atoms with Gasteiger partial charge in [0, 0.05) is 29.8 Å². The van der Waals surface area contributed by atoms with Gasteiger partial charge in [0.2, 0.25) is 0 Å². The summed E-state index contributed by atoms with van der Waals surface area (Å²) in [6.07, 6.45) is 4.64. The lowest BCUT2D eigenvalue weighted by Gasteiger charge is -2.16. The minimum absolute atomic E-state index is 0.120. The molecule has 0 aliphatic heterocycles. The molecule has 3 nitrogen and oxygen atoms in total. The highest BCUT2D eigenvalue weighted by Gasteiger charge is 2.30. The summed E-state index contributed by atoms with van der Waals surface area (Å²) in [7, 11) is 0. The predicted molar refractivity (Wildman–Crippen MR) is 82.0 cm³/mol. The summed E-state index contributed by atoms with van der Waals surface area (Å²) >= 11 is 0. The van der Waals surface area contributed by atoms with E-state index in [-0.39, 0.29) is 11.6 Å². The van der Waals surface area contributed by atoms with Crippen molar-refractivity contribution in [3.05, 3.63) is 35.0 Å². The topological polar surface area (TPSA) is 30.7 Å². The largest absolute Gasteiger partial charge is 0.286 e. The molecule has 0 N–H and O–H groups in total. The summed E-state index contributed by atoms with van der Waals surface area (Å²) in [5, 5.41) is 4.55. The fourth-order valence-electron chi connectivity index (χ4n) is 3.13. The maximum atomic E-state index is 14.3. The molecule has 0 bridgehead atoms. The first kappa shape index (κ1) is 16.0. The number of alkyl halides is 2. The van der Waals surface area contributed by atoms with E-state index in [2.05, 4.69) is 10.1 Å². The molecule has 0 unspecified atom stereocenters. The van der Waals surface area contributed by atoms with Crippen molar-refractivity contribution in [2.75, 3.05) is 0 Å². The van der Waals surface area contributed by atoms with E-state index < -0.39 is 17.4 Å². The molecule has 2 aromatic heterocycles. The van der Waals surface area contributed by atoms with Gasteiger partial charge in [0.05, 0.1) is 11.9 Å². The molecule has 0 saturated carbocycles. The standard InChI is InChI=1S/C17H20F3N3/c1-10(2)23-14-7-5-4-6-11(14)16(22-23)12-8-15(17(3,19)20)21-9-13(12)18/h8-10H,4-7H2,1-3H3. The van der Waals surface area contributed by atoms with Crippen LogP contribution < -0.4 is 0 Å². The number of fused-ring (bicyclic) bond motifs is 1. The maximum absolute atomic E-state index is 14.3. The third kappa shape index (κ3) is 2.86. The monoisotopic (exact) mass is 323 g/mol. The first-order valence-corrected chi connectivity index (χ1v) is 7.93. The number of rotatable bonds is 3. The Morgan fingerprint density at radius 1 is 1.22 bits per heavy atom. The minimum atomic E-state index is -3.11. The van der Waals surface area contributed by atoms with Gasteiger partial charge in [-0.3, -0.25) is 9.67 Å². The molecule has 0 spiro atoms. The van der Waals surface area contributed by atoms with Crippen LogP contribution in [0.1, 0.15) is 56.6 Å². The number of hydrogen-bond acceptors (Lipinski definition) is 2. The molecule has 0 atom stereocenters. The van der Waals surface area contributed by atoms with Crippen LogP contribution in [0.2, 0.25) is 0 Å². The van der Waals surface area contributed by atoms with Crippen LogP contribution in [0.3, 0.4) is 0 Å². The van der Waals surface area contributed by atoms with E-state index >= 15 is 0 Å². The van der Waals surface area contributed by atoms with Gasteiger partial charge in [-0.05, 0) is 45.6 Å². The molecule has 23 heavy (non-hydrogen) atoms. The van der Waals surface area contributed by atoms with Gasteiger partial charge in [-0.15, -0.1) is 0 Å². The minimum Gasteiger partial charge on any atom is -0.266 e. The molecular weight excluding hydrogens is 303 g/mol. The van der Waals surface area contributed by atoms with Crippen molar-refractivity contribution in [1.29, 1.82) is 0 Å². The van der Waals surface area contributed by atoms with E-state index in [0.717, 1.165) is 56.1 Å². The van der Waals surface area contributed by atoms with Crippen molar-refractivity contribution < 1.29 is 13.2 Å². The van der Waals surface area contributed by atoms with Gasteiger partial charge in [-0.2, -0.15) is 13.9 Å². The molecule has 2 aromatic rings. The lowest BCUT2D eigenvalue weighted by molar-refractivity contribution is 0.0127. The zero-order chi connectivity index (χ0) is 16.8. The van der Waals surface area contributed by atoms with E-state index in [1.165, 1.54) is 0 Å².